The van der Waals surface area contributed by atoms with Crippen molar-refractivity contribution in [2.24, 2.45) is 0 Å². The number of benzene rings is 2. The van der Waals surface area contributed by atoms with Gasteiger partial charge in [-0.05, 0) is 36.8 Å². The first-order valence-electron chi connectivity index (χ1n) is 7.70. The van der Waals surface area contributed by atoms with Crippen molar-refractivity contribution in [2.45, 2.75) is 13.5 Å². The summed E-state index contributed by atoms with van der Waals surface area (Å²) in [4.78, 5) is 23.7. The molecular formula is C17H20N4O4S. The molecule has 0 aliphatic rings. The normalized spacial score (nSPS) is 10.7. The Morgan fingerprint density at radius 1 is 1.00 bits per heavy atom. The topological polar surface area (TPSA) is 116 Å². The number of aryl methyl sites for hydroxylation is 1. The van der Waals surface area contributed by atoms with Gasteiger partial charge in [0.1, 0.15) is 0 Å². The number of carbonyl (C=O) groups excluding carboxylic acids is 2. The lowest BCUT2D eigenvalue weighted by molar-refractivity contribution is 0.0936. The van der Waals surface area contributed by atoms with E-state index < -0.39 is 22.0 Å². The molecule has 0 saturated carbocycles. The number of sulfonamides is 1. The number of hydrazine groups is 1. The summed E-state index contributed by atoms with van der Waals surface area (Å²) in [6.07, 6.45) is 1.06. The first kappa shape index (κ1) is 19.3. The number of amides is 3. The van der Waals surface area contributed by atoms with Gasteiger partial charge in [0, 0.05) is 17.8 Å². The zero-order valence-corrected chi connectivity index (χ0v) is 15.2. The van der Waals surface area contributed by atoms with Gasteiger partial charge in [0.15, 0.2) is 0 Å². The number of nitrogens with one attached hydrogen (secondary N) is 4. The van der Waals surface area contributed by atoms with Crippen molar-refractivity contribution in [1.82, 2.24) is 16.2 Å². The minimum atomic E-state index is -3.37. The van der Waals surface area contributed by atoms with Gasteiger partial charge in [-0.25, -0.2) is 18.6 Å². The Bertz CT molecular complexity index is 895. The minimum absolute atomic E-state index is 0.158. The summed E-state index contributed by atoms with van der Waals surface area (Å²) in [5, 5.41) is 2.56. The van der Waals surface area contributed by atoms with E-state index in [0.29, 0.717) is 16.8 Å². The number of urea groups is 1. The second-order valence-electron chi connectivity index (χ2n) is 5.70. The van der Waals surface area contributed by atoms with E-state index in [4.69, 9.17) is 0 Å². The third-order valence-corrected chi connectivity index (χ3v) is 3.89. The molecule has 0 aliphatic carbocycles. The first-order valence-corrected chi connectivity index (χ1v) is 9.60. The molecular weight excluding hydrogens is 356 g/mol. The van der Waals surface area contributed by atoms with Crippen LogP contribution in [0.1, 0.15) is 21.5 Å². The molecule has 0 fully saturated rings. The van der Waals surface area contributed by atoms with Crippen molar-refractivity contribution in [1.29, 1.82) is 0 Å². The van der Waals surface area contributed by atoms with E-state index in [2.05, 4.69) is 20.9 Å². The van der Waals surface area contributed by atoms with Gasteiger partial charge >= 0.3 is 6.03 Å². The quantitative estimate of drug-likeness (QED) is 0.592. The van der Waals surface area contributed by atoms with Crippen LogP contribution in [0.5, 0.6) is 0 Å². The summed E-state index contributed by atoms with van der Waals surface area (Å²) >= 11 is 0. The first-order chi connectivity index (χ1) is 12.2. The van der Waals surface area contributed by atoms with Gasteiger partial charge in [-0.1, -0.05) is 29.8 Å². The molecule has 8 nitrogen and oxygen atoms in total. The van der Waals surface area contributed by atoms with Gasteiger partial charge in [0.05, 0.1) is 6.26 Å². The average molecular weight is 376 g/mol. The van der Waals surface area contributed by atoms with E-state index in [9.17, 15) is 18.0 Å². The molecule has 0 heterocycles. The highest BCUT2D eigenvalue weighted by molar-refractivity contribution is 7.92. The van der Waals surface area contributed by atoms with E-state index in [0.717, 1.165) is 11.8 Å². The number of hydrogen-bond donors (Lipinski definition) is 4. The maximum atomic E-state index is 11.9. The highest BCUT2D eigenvalue weighted by atomic mass is 32.2. The maximum absolute atomic E-state index is 11.9. The zero-order valence-electron chi connectivity index (χ0n) is 14.4. The molecule has 3 amide bonds. The fraction of sp³-hybridized carbons (Fsp3) is 0.176. The monoisotopic (exact) mass is 376 g/mol. The fourth-order valence-corrected chi connectivity index (χ4v) is 2.63. The molecule has 0 spiro atoms. The predicted molar refractivity (Wildman–Crippen MR) is 98.9 cm³/mol. The van der Waals surface area contributed by atoms with E-state index >= 15 is 0 Å². The fourth-order valence-electron chi connectivity index (χ4n) is 2.08. The largest absolute Gasteiger partial charge is 0.333 e. The second kappa shape index (κ2) is 8.34. The summed E-state index contributed by atoms with van der Waals surface area (Å²) in [7, 11) is -3.37. The summed E-state index contributed by atoms with van der Waals surface area (Å²) < 4.78 is 24.8. The lowest BCUT2D eigenvalue weighted by Crippen LogP contribution is -2.46. The molecule has 0 aliphatic heterocycles. The Kier molecular flexibility index (Phi) is 6.18. The van der Waals surface area contributed by atoms with Gasteiger partial charge in [-0.2, -0.15) is 0 Å². The van der Waals surface area contributed by atoms with Crippen molar-refractivity contribution < 1.29 is 18.0 Å². The Labute approximate surface area is 152 Å². The summed E-state index contributed by atoms with van der Waals surface area (Å²) in [6, 6.07) is 12.9. The SMILES string of the molecule is Cc1ccc(C(=O)NNC(=O)NCc2cccc(NS(C)(=O)=O)c2)cc1. The molecule has 2 aromatic carbocycles. The third kappa shape index (κ3) is 6.44. The van der Waals surface area contributed by atoms with Crippen LogP contribution >= 0.6 is 0 Å². The van der Waals surface area contributed by atoms with Gasteiger partial charge in [-0.15, -0.1) is 0 Å². The second-order valence-corrected chi connectivity index (χ2v) is 7.45. The maximum Gasteiger partial charge on any atom is 0.333 e. The summed E-state index contributed by atoms with van der Waals surface area (Å²) in [5.41, 5.74) is 7.11. The zero-order chi connectivity index (χ0) is 19.2. The van der Waals surface area contributed by atoms with Crippen LogP contribution in [0.15, 0.2) is 48.5 Å². The van der Waals surface area contributed by atoms with Crippen LogP contribution in [0, 0.1) is 6.92 Å². The van der Waals surface area contributed by atoms with Crippen LogP contribution < -0.4 is 20.9 Å². The summed E-state index contributed by atoms with van der Waals surface area (Å²) in [5.74, 6) is -0.431. The van der Waals surface area contributed by atoms with Gasteiger partial charge in [0.2, 0.25) is 10.0 Å². The molecule has 0 radical (unpaired) electrons. The van der Waals surface area contributed by atoms with Crippen LogP contribution in [-0.2, 0) is 16.6 Å². The van der Waals surface area contributed by atoms with E-state index in [1.54, 1.807) is 48.5 Å². The molecule has 2 aromatic rings. The van der Waals surface area contributed by atoms with Gasteiger partial charge < -0.3 is 5.32 Å². The lowest BCUT2D eigenvalue weighted by Gasteiger charge is -2.10. The summed E-state index contributed by atoms with van der Waals surface area (Å²) in [6.45, 7) is 2.07. The number of anilines is 1. The Morgan fingerprint density at radius 3 is 2.35 bits per heavy atom. The number of rotatable bonds is 5. The van der Waals surface area contributed by atoms with Crippen molar-refractivity contribution >= 4 is 27.6 Å². The molecule has 0 saturated heterocycles. The van der Waals surface area contributed by atoms with Crippen molar-refractivity contribution in [3.8, 4) is 0 Å². The Morgan fingerprint density at radius 2 is 1.69 bits per heavy atom. The molecule has 138 valence electrons. The molecule has 0 bridgehead atoms. The van der Waals surface area contributed by atoms with Crippen molar-refractivity contribution in [3.63, 3.8) is 0 Å². The molecule has 9 heteroatoms. The van der Waals surface area contributed by atoms with Crippen LogP contribution in [0.2, 0.25) is 0 Å². The lowest BCUT2D eigenvalue weighted by atomic mass is 10.1. The highest BCUT2D eigenvalue weighted by Crippen LogP contribution is 2.11. The highest BCUT2D eigenvalue weighted by Gasteiger charge is 2.07. The van der Waals surface area contributed by atoms with Crippen molar-refractivity contribution in [2.75, 3.05) is 11.0 Å². The Balaban J connectivity index is 1.82. The molecule has 4 N–H and O–H groups in total. The molecule has 0 aromatic heterocycles. The molecule has 2 rings (SSSR count). The van der Waals surface area contributed by atoms with Crippen LogP contribution in [0.25, 0.3) is 0 Å². The van der Waals surface area contributed by atoms with Gasteiger partial charge in [-0.3, -0.25) is 14.9 Å². The predicted octanol–water partition coefficient (Wildman–Crippen LogP) is 1.51. The smallest absolute Gasteiger partial charge is 0.333 e. The number of carbonyl (C=O) groups is 2. The van der Waals surface area contributed by atoms with Crippen molar-refractivity contribution in [3.05, 3.63) is 65.2 Å². The third-order valence-electron chi connectivity index (χ3n) is 3.29. The van der Waals surface area contributed by atoms with E-state index in [1.807, 2.05) is 6.92 Å². The molecule has 0 unspecified atom stereocenters. The molecule has 26 heavy (non-hydrogen) atoms. The van der Waals surface area contributed by atoms with Crippen LogP contribution in [0.4, 0.5) is 10.5 Å². The minimum Gasteiger partial charge on any atom is -0.333 e. The molecule has 0 atom stereocenters. The van der Waals surface area contributed by atoms with Crippen LogP contribution in [0.3, 0.4) is 0 Å². The van der Waals surface area contributed by atoms with Crippen LogP contribution in [-0.4, -0.2) is 26.6 Å². The average Bonchev–Trinajstić information content (AvgIpc) is 2.57. The van der Waals surface area contributed by atoms with E-state index in [-0.39, 0.29) is 6.54 Å². The number of hydrogen-bond acceptors (Lipinski definition) is 4. The Hall–Kier alpha value is -3.07. The van der Waals surface area contributed by atoms with E-state index in [1.165, 1.54) is 0 Å². The van der Waals surface area contributed by atoms with Gasteiger partial charge in [0.25, 0.3) is 5.91 Å². The standard InChI is InChI=1S/C17H20N4O4S/c1-12-6-8-14(9-7-12)16(22)19-20-17(23)18-11-13-4-3-5-15(10-13)21-26(2,24)25/h3-10,21H,11H2,1-2H3,(H,19,22)(H2,18,20,23).